The Morgan fingerprint density at radius 2 is 2.10 bits per heavy atom. The van der Waals surface area contributed by atoms with Gasteiger partial charge in [0.1, 0.15) is 17.6 Å². The Bertz CT molecular complexity index is 908. The summed E-state index contributed by atoms with van der Waals surface area (Å²) in [5.41, 5.74) is 8.30. The molecule has 2 aromatic heterocycles. The van der Waals surface area contributed by atoms with Gasteiger partial charge in [0.15, 0.2) is 0 Å². The molecule has 0 aliphatic carbocycles. The molecule has 2 aromatic rings. The van der Waals surface area contributed by atoms with Gasteiger partial charge in [-0.3, -0.25) is 4.98 Å². The molecule has 0 radical (unpaired) electrons. The minimum atomic E-state index is 0.193. The Labute approximate surface area is 172 Å². The summed E-state index contributed by atoms with van der Waals surface area (Å²) >= 11 is 0. The largest absolute Gasteiger partial charge is 0.492 e. The number of anilines is 1. The van der Waals surface area contributed by atoms with Crippen molar-refractivity contribution < 1.29 is 4.74 Å². The van der Waals surface area contributed by atoms with Crippen LogP contribution in [-0.4, -0.2) is 42.3 Å². The van der Waals surface area contributed by atoms with Crippen LogP contribution in [0.5, 0.6) is 5.75 Å². The van der Waals surface area contributed by atoms with E-state index in [0.29, 0.717) is 23.6 Å². The normalized spacial score (nSPS) is 16.3. The highest BCUT2D eigenvalue weighted by molar-refractivity contribution is 5.85. The van der Waals surface area contributed by atoms with E-state index in [1.54, 1.807) is 6.20 Å². The van der Waals surface area contributed by atoms with E-state index < -0.39 is 0 Å². The first-order valence-electron chi connectivity index (χ1n) is 9.89. The van der Waals surface area contributed by atoms with Crippen LogP contribution in [0.4, 0.5) is 5.82 Å². The fourth-order valence-corrected chi connectivity index (χ4v) is 3.51. The van der Waals surface area contributed by atoms with Crippen molar-refractivity contribution in [1.82, 2.24) is 15.3 Å². The summed E-state index contributed by atoms with van der Waals surface area (Å²) in [6, 6.07) is 8.01. The van der Waals surface area contributed by atoms with Gasteiger partial charge < -0.3 is 20.7 Å². The van der Waals surface area contributed by atoms with Crippen LogP contribution >= 0.6 is 0 Å². The van der Waals surface area contributed by atoms with Crippen molar-refractivity contribution in [3.63, 3.8) is 0 Å². The first-order valence-corrected chi connectivity index (χ1v) is 9.89. The lowest BCUT2D eigenvalue weighted by molar-refractivity contribution is 0.304. The Balaban J connectivity index is 1.89. The van der Waals surface area contributed by atoms with Gasteiger partial charge in [-0.25, -0.2) is 4.98 Å². The number of hydrogen-bond donors (Lipinski definition) is 2. The van der Waals surface area contributed by atoms with Gasteiger partial charge in [0.2, 0.25) is 0 Å². The molecule has 1 aliphatic rings. The number of hydrogen-bond acceptors (Lipinski definition) is 7. The van der Waals surface area contributed by atoms with Gasteiger partial charge in [-0.1, -0.05) is 0 Å². The molecule has 0 spiro atoms. The second-order valence-electron chi connectivity index (χ2n) is 7.40. The summed E-state index contributed by atoms with van der Waals surface area (Å²) in [4.78, 5) is 11.4. The van der Waals surface area contributed by atoms with Crippen LogP contribution in [0.1, 0.15) is 32.4 Å². The molecule has 0 bridgehead atoms. The van der Waals surface area contributed by atoms with E-state index in [4.69, 9.17) is 10.5 Å². The molecule has 1 saturated heterocycles. The molecule has 1 aliphatic heterocycles. The minimum absolute atomic E-state index is 0.193. The summed E-state index contributed by atoms with van der Waals surface area (Å²) in [6.45, 7) is 6.65. The van der Waals surface area contributed by atoms with Gasteiger partial charge in [0.25, 0.3) is 0 Å². The van der Waals surface area contributed by atoms with Gasteiger partial charge in [-0.15, -0.1) is 0 Å². The molecular formula is C22H28N6O. The van der Waals surface area contributed by atoms with Gasteiger partial charge >= 0.3 is 0 Å². The van der Waals surface area contributed by atoms with Gasteiger partial charge in [-0.05, 0) is 51.9 Å². The van der Waals surface area contributed by atoms with Crippen LogP contribution in [0.25, 0.3) is 16.7 Å². The molecule has 0 aromatic carbocycles. The van der Waals surface area contributed by atoms with Gasteiger partial charge in [0, 0.05) is 42.2 Å². The molecule has 0 unspecified atom stereocenters. The second-order valence-corrected chi connectivity index (χ2v) is 7.40. The summed E-state index contributed by atoms with van der Waals surface area (Å²) in [5.74, 6) is 1.60. The quantitative estimate of drug-likeness (QED) is 0.729. The maximum Gasteiger partial charge on any atom is 0.138 e. The van der Waals surface area contributed by atoms with Crippen LogP contribution in [0.15, 0.2) is 36.8 Å². The van der Waals surface area contributed by atoms with Crippen molar-refractivity contribution in [1.29, 1.82) is 5.26 Å². The third-order valence-electron chi connectivity index (χ3n) is 5.57. The zero-order chi connectivity index (χ0) is 20.9. The Kier molecular flexibility index (Phi) is 6.35. The van der Waals surface area contributed by atoms with E-state index in [0.717, 1.165) is 42.9 Å². The Morgan fingerprint density at radius 3 is 2.66 bits per heavy atom. The lowest BCUT2D eigenvalue weighted by Crippen LogP contribution is -2.50. The lowest BCUT2D eigenvalue weighted by Gasteiger charge is -2.39. The van der Waals surface area contributed by atoms with Crippen molar-refractivity contribution in [3.05, 3.63) is 42.5 Å². The zero-order valence-electron chi connectivity index (χ0n) is 17.3. The van der Waals surface area contributed by atoms with Crippen molar-refractivity contribution in [2.45, 2.75) is 32.2 Å². The Morgan fingerprint density at radius 1 is 1.34 bits per heavy atom. The van der Waals surface area contributed by atoms with E-state index in [9.17, 15) is 5.26 Å². The Hall–Kier alpha value is -3.11. The molecule has 7 nitrogen and oxygen atoms in total. The van der Waals surface area contributed by atoms with Crippen LogP contribution < -0.4 is 20.7 Å². The summed E-state index contributed by atoms with van der Waals surface area (Å²) in [5, 5.41) is 12.8. The van der Waals surface area contributed by atoms with Crippen LogP contribution in [-0.2, 0) is 0 Å². The predicted molar refractivity (Wildman–Crippen MR) is 115 cm³/mol. The highest BCUT2D eigenvalue weighted by atomic mass is 16.5. The van der Waals surface area contributed by atoms with Gasteiger partial charge in [0.05, 0.1) is 24.1 Å². The number of piperidine rings is 1. The molecular weight excluding hydrogens is 364 g/mol. The molecule has 0 atom stereocenters. The van der Waals surface area contributed by atoms with E-state index in [1.165, 1.54) is 6.20 Å². The number of allylic oxidation sites excluding steroid dienone is 1. The number of aromatic nitrogens is 2. The number of nitrogens with zero attached hydrogens (tertiary/aromatic N) is 4. The minimum Gasteiger partial charge on any atom is -0.492 e. The molecule has 29 heavy (non-hydrogen) atoms. The number of ether oxygens (including phenoxy) is 1. The molecule has 3 heterocycles. The lowest BCUT2D eigenvalue weighted by atomic mass is 9.90. The summed E-state index contributed by atoms with van der Waals surface area (Å²) < 4.78 is 5.59. The third kappa shape index (κ3) is 4.49. The zero-order valence-corrected chi connectivity index (χ0v) is 17.3. The van der Waals surface area contributed by atoms with Crippen molar-refractivity contribution >= 4 is 11.4 Å². The number of pyridine rings is 2. The topological polar surface area (TPSA) is 100 Å². The van der Waals surface area contributed by atoms with Crippen molar-refractivity contribution in [2.24, 2.45) is 5.73 Å². The maximum absolute atomic E-state index is 9.40. The molecule has 152 valence electrons. The highest BCUT2D eigenvalue weighted by Crippen LogP contribution is 2.31. The van der Waals surface area contributed by atoms with E-state index in [-0.39, 0.29) is 5.54 Å². The molecule has 3 N–H and O–H groups in total. The maximum atomic E-state index is 9.40. The number of nitrogens with two attached hydrogens (primary N) is 1. The predicted octanol–water partition coefficient (Wildman–Crippen LogP) is 2.94. The first kappa shape index (κ1) is 20.6. The van der Waals surface area contributed by atoms with E-state index in [1.807, 2.05) is 38.4 Å². The molecule has 1 fully saturated rings. The standard InChI is InChI=1S/C22H28N6O/c1-4-29-18-11-19(21(27-15-18)17(12-23)13-24)16-5-6-20(26-14-16)28-9-7-22(2,25-3)8-10-28/h5-6,11-12,14-15,25H,4,7-10,23H2,1-3H3. The van der Waals surface area contributed by atoms with Crippen LogP contribution in [0, 0.1) is 11.3 Å². The number of rotatable bonds is 6. The van der Waals surface area contributed by atoms with Crippen LogP contribution in [0.3, 0.4) is 0 Å². The van der Waals surface area contributed by atoms with Gasteiger partial charge in [-0.2, -0.15) is 5.26 Å². The highest BCUT2D eigenvalue weighted by Gasteiger charge is 2.28. The monoisotopic (exact) mass is 392 g/mol. The van der Waals surface area contributed by atoms with Crippen molar-refractivity contribution in [2.75, 3.05) is 31.6 Å². The summed E-state index contributed by atoms with van der Waals surface area (Å²) in [7, 11) is 2.02. The second kappa shape index (κ2) is 8.93. The van der Waals surface area contributed by atoms with E-state index >= 15 is 0 Å². The van der Waals surface area contributed by atoms with Crippen LogP contribution in [0.2, 0.25) is 0 Å². The average molecular weight is 393 g/mol. The molecule has 7 heteroatoms. The fourth-order valence-electron chi connectivity index (χ4n) is 3.51. The summed E-state index contributed by atoms with van der Waals surface area (Å²) in [6.07, 6.45) is 6.86. The third-order valence-corrected chi connectivity index (χ3v) is 5.57. The van der Waals surface area contributed by atoms with Crippen molar-refractivity contribution in [3.8, 4) is 22.9 Å². The number of nitrogens with one attached hydrogen (secondary N) is 1. The molecule has 0 saturated carbocycles. The molecule has 0 amide bonds. The fraction of sp³-hybridized carbons (Fsp3) is 0.409. The average Bonchev–Trinajstić information content (AvgIpc) is 2.76. The number of nitriles is 1. The smallest absolute Gasteiger partial charge is 0.138 e. The first-order chi connectivity index (χ1) is 14.0. The SMILES string of the molecule is CCOc1cnc(C(C#N)=CN)c(-c2ccc(N3CCC(C)(NC)CC3)nc2)c1. The molecule has 3 rings (SSSR count). The van der Waals surface area contributed by atoms with E-state index in [2.05, 4.69) is 33.2 Å².